The number of anilines is 1. The van der Waals surface area contributed by atoms with E-state index in [9.17, 15) is 0 Å². The van der Waals surface area contributed by atoms with Crippen molar-refractivity contribution in [1.29, 1.82) is 0 Å². The van der Waals surface area contributed by atoms with Crippen molar-refractivity contribution in [3.63, 3.8) is 0 Å². The molecule has 1 fully saturated rings. The molecular weight excluding hydrogens is 258 g/mol. The minimum atomic E-state index is 0.553. The Bertz CT molecular complexity index is 589. The van der Waals surface area contributed by atoms with Gasteiger partial charge in [-0.1, -0.05) is 0 Å². The highest BCUT2D eigenvalue weighted by Crippen LogP contribution is 2.41. The summed E-state index contributed by atoms with van der Waals surface area (Å²) in [7, 11) is 0. The van der Waals surface area contributed by atoms with Crippen LogP contribution in [-0.2, 0) is 6.42 Å². The molecule has 0 aromatic carbocycles. The van der Waals surface area contributed by atoms with Gasteiger partial charge in [0.25, 0.3) is 0 Å². The van der Waals surface area contributed by atoms with Gasteiger partial charge in [-0.05, 0) is 32.6 Å². The molecule has 0 saturated carbocycles. The van der Waals surface area contributed by atoms with Crippen molar-refractivity contribution in [3.05, 3.63) is 23.5 Å². The second-order valence-corrected chi connectivity index (χ2v) is 6.17. The van der Waals surface area contributed by atoms with Gasteiger partial charge in [-0.2, -0.15) is 4.37 Å². The van der Waals surface area contributed by atoms with E-state index in [0.29, 0.717) is 12.0 Å². The summed E-state index contributed by atoms with van der Waals surface area (Å²) in [5, 5.41) is 1.09. The predicted molar refractivity (Wildman–Crippen MR) is 74.7 cm³/mol. The van der Waals surface area contributed by atoms with Gasteiger partial charge in [-0.25, -0.2) is 9.97 Å². The summed E-state index contributed by atoms with van der Waals surface area (Å²) in [4.78, 5) is 14.9. The predicted octanol–water partition coefficient (Wildman–Crippen LogP) is 2.27. The van der Waals surface area contributed by atoms with E-state index in [1.807, 2.05) is 13.3 Å². The molecule has 2 atom stereocenters. The lowest BCUT2D eigenvalue weighted by Crippen LogP contribution is -2.46. The van der Waals surface area contributed by atoms with Gasteiger partial charge in [0.05, 0.1) is 12.0 Å². The van der Waals surface area contributed by atoms with Crippen molar-refractivity contribution in [1.82, 2.24) is 19.3 Å². The molecule has 1 aliphatic heterocycles. The monoisotopic (exact) mass is 275 g/mol. The SMILES string of the molecule is Cc1nsc(N2CCCC3c4nc[nH]c4CCC32)n1. The summed E-state index contributed by atoms with van der Waals surface area (Å²) in [6.07, 6.45) is 6.60. The molecule has 1 saturated heterocycles. The molecule has 2 aromatic heterocycles. The fraction of sp³-hybridized carbons (Fsp3) is 0.615. The smallest absolute Gasteiger partial charge is 0.205 e. The summed E-state index contributed by atoms with van der Waals surface area (Å²) in [6, 6.07) is 0.553. The van der Waals surface area contributed by atoms with Gasteiger partial charge >= 0.3 is 0 Å². The highest BCUT2D eigenvalue weighted by atomic mass is 32.1. The van der Waals surface area contributed by atoms with Crippen molar-refractivity contribution < 1.29 is 0 Å². The van der Waals surface area contributed by atoms with Crippen LogP contribution in [0.2, 0.25) is 0 Å². The van der Waals surface area contributed by atoms with Crippen molar-refractivity contribution in [2.45, 2.75) is 44.6 Å². The number of fused-ring (bicyclic) bond motifs is 3. The average molecular weight is 275 g/mol. The third-order valence-electron chi connectivity index (χ3n) is 4.33. The Morgan fingerprint density at radius 3 is 3.21 bits per heavy atom. The fourth-order valence-corrected chi connectivity index (χ4v) is 4.28. The minimum Gasteiger partial charge on any atom is -0.348 e. The van der Waals surface area contributed by atoms with Gasteiger partial charge in [-0.3, -0.25) is 0 Å². The Balaban J connectivity index is 1.69. The number of H-pyrrole nitrogens is 1. The maximum atomic E-state index is 4.57. The molecule has 2 aromatic rings. The standard InChI is InChI=1S/C13H17N5S/c1-8-16-13(19-17-8)18-6-2-3-9-11(18)5-4-10-12(9)15-7-14-10/h7,9,11H,2-6H2,1H3,(H,14,15). The molecule has 0 bridgehead atoms. The molecule has 1 aliphatic carbocycles. The number of aryl methyl sites for hydroxylation is 2. The number of aromatic amines is 1. The van der Waals surface area contributed by atoms with Gasteiger partial charge in [0.15, 0.2) is 0 Å². The molecule has 5 nitrogen and oxygen atoms in total. The zero-order valence-electron chi connectivity index (χ0n) is 11.0. The summed E-state index contributed by atoms with van der Waals surface area (Å²) in [5.74, 6) is 1.45. The quantitative estimate of drug-likeness (QED) is 0.867. The molecule has 0 radical (unpaired) electrons. The van der Waals surface area contributed by atoms with Crippen molar-refractivity contribution in [2.75, 3.05) is 11.4 Å². The Labute approximate surface area is 116 Å². The first-order valence-electron chi connectivity index (χ1n) is 6.92. The van der Waals surface area contributed by atoms with E-state index in [0.717, 1.165) is 23.9 Å². The molecule has 4 rings (SSSR count). The van der Waals surface area contributed by atoms with Crippen LogP contribution < -0.4 is 4.90 Å². The van der Waals surface area contributed by atoms with Crippen molar-refractivity contribution in [3.8, 4) is 0 Å². The van der Waals surface area contributed by atoms with E-state index in [-0.39, 0.29) is 0 Å². The first-order valence-corrected chi connectivity index (χ1v) is 7.69. The Morgan fingerprint density at radius 2 is 2.37 bits per heavy atom. The van der Waals surface area contributed by atoms with Gasteiger partial charge in [0.2, 0.25) is 5.13 Å². The van der Waals surface area contributed by atoms with Gasteiger partial charge in [-0.15, -0.1) is 0 Å². The number of piperidine rings is 1. The molecule has 3 heterocycles. The molecule has 0 spiro atoms. The number of rotatable bonds is 1. The highest BCUT2D eigenvalue weighted by molar-refractivity contribution is 7.09. The summed E-state index contributed by atoms with van der Waals surface area (Å²) in [5.41, 5.74) is 2.64. The molecule has 2 aliphatic rings. The van der Waals surface area contributed by atoms with E-state index in [2.05, 4.69) is 24.2 Å². The van der Waals surface area contributed by atoms with E-state index < -0.39 is 0 Å². The maximum absolute atomic E-state index is 4.57. The van der Waals surface area contributed by atoms with Gasteiger partial charge in [0, 0.05) is 35.7 Å². The molecule has 6 heteroatoms. The Kier molecular flexibility index (Phi) is 2.58. The van der Waals surface area contributed by atoms with Crippen LogP contribution in [0.3, 0.4) is 0 Å². The van der Waals surface area contributed by atoms with Crippen LogP contribution in [0, 0.1) is 6.92 Å². The van der Waals surface area contributed by atoms with E-state index in [4.69, 9.17) is 0 Å². The lowest BCUT2D eigenvalue weighted by molar-refractivity contribution is 0.358. The third kappa shape index (κ3) is 1.77. The molecule has 2 unspecified atom stereocenters. The first-order chi connectivity index (χ1) is 9.33. The van der Waals surface area contributed by atoms with Crippen LogP contribution in [0.1, 0.15) is 42.4 Å². The summed E-state index contributed by atoms with van der Waals surface area (Å²) < 4.78 is 4.33. The summed E-state index contributed by atoms with van der Waals surface area (Å²) >= 11 is 1.53. The fourth-order valence-electron chi connectivity index (χ4n) is 3.52. The van der Waals surface area contributed by atoms with Gasteiger partial charge in [0.1, 0.15) is 5.82 Å². The number of aromatic nitrogens is 4. The van der Waals surface area contributed by atoms with Crippen LogP contribution in [0.25, 0.3) is 0 Å². The third-order valence-corrected chi connectivity index (χ3v) is 5.18. The maximum Gasteiger partial charge on any atom is 0.205 e. The molecule has 19 heavy (non-hydrogen) atoms. The molecule has 0 amide bonds. The topological polar surface area (TPSA) is 57.7 Å². The van der Waals surface area contributed by atoms with Crippen LogP contribution in [0.15, 0.2) is 6.33 Å². The largest absolute Gasteiger partial charge is 0.348 e. The summed E-state index contributed by atoms with van der Waals surface area (Å²) in [6.45, 7) is 3.07. The van der Waals surface area contributed by atoms with Crippen LogP contribution in [0.5, 0.6) is 0 Å². The zero-order valence-corrected chi connectivity index (χ0v) is 11.8. The second kappa shape index (κ2) is 4.30. The lowest BCUT2D eigenvalue weighted by Gasteiger charge is -2.43. The average Bonchev–Trinajstić information content (AvgIpc) is 3.06. The molecule has 100 valence electrons. The number of nitrogens with one attached hydrogen (secondary N) is 1. The van der Waals surface area contributed by atoms with Crippen molar-refractivity contribution in [2.24, 2.45) is 0 Å². The second-order valence-electron chi connectivity index (χ2n) is 5.44. The highest BCUT2D eigenvalue weighted by Gasteiger charge is 2.38. The van der Waals surface area contributed by atoms with Gasteiger partial charge < -0.3 is 9.88 Å². The number of imidazole rings is 1. The van der Waals surface area contributed by atoms with E-state index >= 15 is 0 Å². The van der Waals surface area contributed by atoms with Crippen LogP contribution >= 0.6 is 11.5 Å². The van der Waals surface area contributed by atoms with E-state index in [1.54, 1.807) is 0 Å². The normalized spacial score (nSPS) is 26.1. The number of hydrogen-bond acceptors (Lipinski definition) is 5. The van der Waals surface area contributed by atoms with E-state index in [1.165, 1.54) is 42.2 Å². The molecule has 1 N–H and O–H groups in total. The minimum absolute atomic E-state index is 0.553. The Morgan fingerprint density at radius 1 is 1.42 bits per heavy atom. The lowest BCUT2D eigenvalue weighted by atomic mass is 9.79. The van der Waals surface area contributed by atoms with Crippen molar-refractivity contribution >= 4 is 16.7 Å². The number of nitrogens with zero attached hydrogens (tertiary/aromatic N) is 4. The molecular formula is C13H17N5S. The van der Waals surface area contributed by atoms with Crippen LogP contribution in [0.4, 0.5) is 5.13 Å². The zero-order chi connectivity index (χ0) is 12.8. The Hall–Kier alpha value is -1.43. The first kappa shape index (κ1) is 11.4. The van der Waals surface area contributed by atoms with Crippen LogP contribution in [-0.4, -0.2) is 31.9 Å². The number of hydrogen-bond donors (Lipinski definition) is 1.